The number of aryl methyl sites for hydroxylation is 3. The summed E-state index contributed by atoms with van der Waals surface area (Å²) in [5.41, 5.74) is 12.3. The van der Waals surface area contributed by atoms with Crippen molar-refractivity contribution in [3.8, 4) is 0 Å². The zero-order valence-electron chi connectivity index (χ0n) is 13.1. The summed E-state index contributed by atoms with van der Waals surface area (Å²) in [7, 11) is 0. The van der Waals surface area contributed by atoms with E-state index in [4.69, 9.17) is 5.73 Å². The third kappa shape index (κ3) is 4.30. The van der Waals surface area contributed by atoms with Gasteiger partial charge in [-0.3, -0.25) is 0 Å². The summed E-state index contributed by atoms with van der Waals surface area (Å²) in [6, 6.07) is 15.3. The molecule has 0 spiro atoms. The maximum Gasteiger partial charge on any atom is -0.00741 e. The van der Waals surface area contributed by atoms with Gasteiger partial charge in [0, 0.05) is 0 Å². The number of nitrogens with two attached hydrogens (primary N) is 1. The van der Waals surface area contributed by atoms with Crippen molar-refractivity contribution in [1.29, 1.82) is 0 Å². The van der Waals surface area contributed by atoms with Gasteiger partial charge in [0.1, 0.15) is 0 Å². The van der Waals surface area contributed by atoms with E-state index in [-0.39, 0.29) is 0 Å². The van der Waals surface area contributed by atoms with Gasteiger partial charge >= 0.3 is 0 Å². The van der Waals surface area contributed by atoms with E-state index in [2.05, 4.69) is 68.5 Å². The van der Waals surface area contributed by atoms with Gasteiger partial charge in [-0.1, -0.05) is 61.5 Å². The van der Waals surface area contributed by atoms with Crippen molar-refractivity contribution in [2.75, 3.05) is 6.54 Å². The number of hydrogen-bond donors (Lipinski definition) is 1. The van der Waals surface area contributed by atoms with Crippen LogP contribution in [0.5, 0.6) is 0 Å². The molecular weight excluding hydrogens is 254 g/mol. The highest BCUT2D eigenvalue weighted by molar-refractivity contribution is 5.73. The average molecular weight is 279 g/mol. The predicted molar refractivity (Wildman–Crippen MR) is 93.3 cm³/mol. The third-order valence-corrected chi connectivity index (χ3v) is 3.86. The van der Waals surface area contributed by atoms with Gasteiger partial charge in [0.25, 0.3) is 0 Å². The second kappa shape index (κ2) is 7.80. The number of hydrogen-bond acceptors (Lipinski definition) is 1. The zero-order valence-corrected chi connectivity index (χ0v) is 13.1. The summed E-state index contributed by atoms with van der Waals surface area (Å²) >= 11 is 0. The molecule has 0 bridgehead atoms. The van der Waals surface area contributed by atoms with Crippen LogP contribution in [0.3, 0.4) is 0 Å². The minimum Gasteiger partial charge on any atom is -0.330 e. The second-order valence-corrected chi connectivity index (χ2v) is 5.47. The first kappa shape index (κ1) is 15.5. The van der Waals surface area contributed by atoms with Gasteiger partial charge in [-0.05, 0) is 60.5 Å². The molecule has 0 unspecified atom stereocenters. The molecule has 1 nitrogen and oxygen atoms in total. The van der Waals surface area contributed by atoms with Crippen LogP contribution in [0.2, 0.25) is 0 Å². The van der Waals surface area contributed by atoms with Crippen molar-refractivity contribution >= 4 is 12.2 Å². The molecule has 0 aliphatic heterocycles. The maximum absolute atomic E-state index is 5.58. The molecule has 0 heterocycles. The fourth-order valence-electron chi connectivity index (χ4n) is 2.63. The first-order chi connectivity index (χ1) is 10.2. The van der Waals surface area contributed by atoms with Crippen molar-refractivity contribution in [2.24, 2.45) is 5.73 Å². The molecule has 21 heavy (non-hydrogen) atoms. The Balaban J connectivity index is 2.21. The van der Waals surface area contributed by atoms with Gasteiger partial charge in [0.15, 0.2) is 0 Å². The third-order valence-electron chi connectivity index (χ3n) is 3.86. The molecular formula is C20H25N. The lowest BCUT2D eigenvalue weighted by atomic mass is 9.98. The highest BCUT2D eigenvalue weighted by Crippen LogP contribution is 2.19. The average Bonchev–Trinajstić information content (AvgIpc) is 2.52. The van der Waals surface area contributed by atoms with Crippen molar-refractivity contribution in [3.63, 3.8) is 0 Å². The lowest BCUT2D eigenvalue weighted by molar-refractivity contribution is 0.832. The summed E-state index contributed by atoms with van der Waals surface area (Å²) < 4.78 is 0. The fraction of sp³-hybridized carbons (Fsp3) is 0.300. The first-order valence-corrected chi connectivity index (χ1v) is 7.80. The van der Waals surface area contributed by atoms with Crippen molar-refractivity contribution in [3.05, 3.63) is 70.3 Å². The monoisotopic (exact) mass is 279 g/mol. The molecule has 0 amide bonds. The van der Waals surface area contributed by atoms with Crippen LogP contribution in [-0.2, 0) is 12.8 Å². The molecule has 1 heteroatoms. The largest absolute Gasteiger partial charge is 0.330 e. The lowest BCUT2D eigenvalue weighted by Crippen LogP contribution is -2.00. The Morgan fingerprint density at radius 1 is 1.05 bits per heavy atom. The van der Waals surface area contributed by atoms with E-state index in [1.54, 1.807) is 0 Å². The molecule has 0 saturated heterocycles. The van der Waals surface area contributed by atoms with E-state index in [9.17, 15) is 0 Å². The van der Waals surface area contributed by atoms with Crippen LogP contribution in [-0.4, -0.2) is 6.54 Å². The zero-order chi connectivity index (χ0) is 15.1. The normalized spacial score (nSPS) is 11.2. The van der Waals surface area contributed by atoms with Crippen LogP contribution in [0.15, 0.2) is 42.5 Å². The van der Waals surface area contributed by atoms with E-state index >= 15 is 0 Å². The SMILES string of the molecule is CCc1cccc(C)c1/C=C\c1cccc(CCCN)c1. The van der Waals surface area contributed by atoms with E-state index in [1.807, 2.05) is 0 Å². The molecule has 2 N–H and O–H groups in total. The Kier molecular flexibility index (Phi) is 5.77. The molecule has 0 saturated carbocycles. The standard InChI is InChI=1S/C20H25N/c1-3-19-11-4-7-16(2)20(19)13-12-18-9-5-8-17(15-18)10-6-14-21/h4-5,7-9,11-13,15H,3,6,10,14,21H2,1-2H3/b13-12-. The van der Waals surface area contributed by atoms with Crippen LogP contribution in [0.25, 0.3) is 12.2 Å². The lowest BCUT2D eigenvalue weighted by Gasteiger charge is -2.07. The first-order valence-electron chi connectivity index (χ1n) is 7.80. The summed E-state index contributed by atoms with van der Waals surface area (Å²) in [6.07, 6.45) is 7.63. The molecule has 2 aromatic rings. The topological polar surface area (TPSA) is 26.0 Å². The van der Waals surface area contributed by atoms with Crippen LogP contribution in [0.1, 0.15) is 41.2 Å². The van der Waals surface area contributed by atoms with Gasteiger partial charge in [0.05, 0.1) is 0 Å². The Hall–Kier alpha value is -1.86. The summed E-state index contributed by atoms with van der Waals surface area (Å²) in [6.45, 7) is 5.14. The summed E-state index contributed by atoms with van der Waals surface area (Å²) in [4.78, 5) is 0. The van der Waals surface area contributed by atoms with E-state index in [1.165, 1.54) is 27.8 Å². The Morgan fingerprint density at radius 2 is 1.86 bits per heavy atom. The Bertz CT molecular complexity index is 611. The number of rotatable bonds is 6. The molecule has 0 atom stereocenters. The van der Waals surface area contributed by atoms with E-state index in [0.29, 0.717) is 0 Å². The molecule has 0 aliphatic carbocycles. The van der Waals surface area contributed by atoms with Gasteiger partial charge in [-0.25, -0.2) is 0 Å². The Morgan fingerprint density at radius 3 is 2.62 bits per heavy atom. The maximum atomic E-state index is 5.58. The quantitative estimate of drug-likeness (QED) is 0.767. The van der Waals surface area contributed by atoms with Crippen LogP contribution in [0.4, 0.5) is 0 Å². The molecule has 2 aromatic carbocycles. The van der Waals surface area contributed by atoms with Gasteiger partial charge in [-0.15, -0.1) is 0 Å². The van der Waals surface area contributed by atoms with Crippen molar-refractivity contribution in [2.45, 2.75) is 33.1 Å². The van der Waals surface area contributed by atoms with Gasteiger partial charge < -0.3 is 5.73 Å². The fourth-order valence-corrected chi connectivity index (χ4v) is 2.63. The van der Waals surface area contributed by atoms with Crippen LogP contribution >= 0.6 is 0 Å². The van der Waals surface area contributed by atoms with Gasteiger partial charge in [-0.2, -0.15) is 0 Å². The molecule has 110 valence electrons. The molecule has 0 fully saturated rings. The highest BCUT2D eigenvalue weighted by Gasteiger charge is 2.00. The van der Waals surface area contributed by atoms with E-state index < -0.39 is 0 Å². The summed E-state index contributed by atoms with van der Waals surface area (Å²) in [5, 5.41) is 0. The van der Waals surface area contributed by atoms with Gasteiger partial charge in [0.2, 0.25) is 0 Å². The van der Waals surface area contributed by atoms with Crippen LogP contribution in [0, 0.1) is 6.92 Å². The smallest absolute Gasteiger partial charge is 0.00741 e. The molecule has 0 aromatic heterocycles. The van der Waals surface area contributed by atoms with Crippen LogP contribution < -0.4 is 5.73 Å². The molecule has 2 rings (SSSR count). The minimum atomic E-state index is 0.753. The van der Waals surface area contributed by atoms with Crippen molar-refractivity contribution in [1.82, 2.24) is 0 Å². The van der Waals surface area contributed by atoms with Crippen molar-refractivity contribution < 1.29 is 0 Å². The molecule has 0 aliphatic rings. The Labute approximate surface area is 128 Å². The molecule has 0 radical (unpaired) electrons. The highest BCUT2D eigenvalue weighted by atomic mass is 14.5. The summed E-state index contributed by atoms with van der Waals surface area (Å²) in [5.74, 6) is 0. The predicted octanol–water partition coefficient (Wildman–Crippen LogP) is 4.62. The van der Waals surface area contributed by atoms with E-state index in [0.717, 1.165) is 25.8 Å². The number of benzene rings is 2. The second-order valence-electron chi connectivity index (χ2n) is 5.47. The minimum absolute atomic E-state index is 0.753.